The van der Waals surface area contributed by atoms with Gasteiger partial charge in [-0.15, -0.1) is 0 Å². The molecule has 13 rings (SSSR count). The molecule has 69 heavy (non-hydrogen) atoms. The van der Waals surface area contributed by atoms with Crippen LogP contribution in [-0.4, -0.2) is 0 Å². The summed E-state index contributed by atoms with van der Waals surface area (Å²) in [7, 11) is 0. The van der Waals surface area contributed by atoms with Crippen LogP contribution in [0.15, 0.2) is 218 Å². The predicted octanol–water partition coefficient (Wildman–Crippen LogP) is 18.9. The van der Waals surface area contributed by atoms with E-state index < -0.39 is 0 Å². The van der Waals surface area contributed by atoms with E-state index in [9.17, 15) is 0 Å². The smallest absolute Gasteiger partial charge is 0.0540 e. The van der Waals surface area contributed by atoms with Crippen LogP contribution in [0.2, 0.25) is 0 Å². The Morgan fingerprint density at radius 1 is 0.304 bits per heavy atom. The summed E-state index contributed by atoms with van der Waals surface area (Å²) in [5.74, 6) is 0.213. The lowest BCUT2D eigenvalue weighted by Crippen LogP contribution is -2.10. The quantitative estimate of drug-likeness (QED) is 0.140. The molecule has 13 aromatic carbocycles. The third-order valence-corrected chi connectivity index (χ3v) is 15.1. The van der Waals surface area contributed by atoms with Gasteiger partial charge in [-0.25, -0.2) is 0 Å². The van der Waals surface area contributed by atoms with Gasteiger partial charge in [0.25, 0.3) is 0 Å². The van der Waals surface area contributed by atoms with E-state index in [-0.39, 0.29) is 5.92 Å². The molecule has 0 saturated carbocycles. The summed E-state index contributed by atoms with van der Waals surface area (Å²) in [5.41, 5.74) is 17.7. The molecule has 0 aliphatic carbocycles. The number of rotatable bonds is 9. The van der Waals surface area contributed by atoms with Crippen LogP contribution in [0, 0.1) is 27.7 Å². The van der Waals surface area contributed by atoms with E-state index in [0.717, 1.165) is 17.8 Å². The summed E-state index contributed by atoms with van der Waals surface area (Å²) in [6.45, 7) is 8.68. The molecule has 0 spiro atoms. The number of hydrogen-bond acceptors (Lipinski definition) is 1. The van der Waals surface area contributed by atoms with Gasteiger partial charge < -0.3 is 4.90 Å². The van der Waals surface area contributed by atoms with Crippen LogP contribution in [0.1, 0.15) is 44.9 Å². The van der Waals surface area contributed by atoms with Crippen LogP contribution in [0.4, 0.5) is 17.1 Å². The minimum absolute atomic E-state index is 0.213. The lowest BCUT2D eigenvalue weighted by atomic mass is 9.84. The first-order valence-corrected chi connectivity index (χ1v) is 24.4. The van der Waals surface area contributed by atoms with Gasteiger partial charge >= 0.3 is 0 Å². The largest absolute Gasteiger partial charge is 0.310 e. The number of aryl methyl sites for hydroxylation is 4. The molecule has 1 nitrogen and oxygen atoms in total. The Morgan fingerprint density at radius 3 is 1.14 bits per heavy atom. The van der Waals surface area contributed by atoms with Gasteiger partial charge in [0.1, 0.15) is 0 Å². The van der Waals surface area contributed by atoms with Crippen LogP contribution in [-0.2, 0) is 6.42 Å². The van der Waals surface area contributed by atoms with Crippen LogP contribution < -0.4 is 4.90 Å². The van der Waals surface area contributed by atoms with Gasteiger partial charge in [-0.3, -0.25) is 0 Å². The van der Waals surface area contributed by atoms with Crippen molar-refractivity contribution in [1.29, 1.82) is 0 Å². The van der Waals surface area contributed by atoms with E-state index in [0.29, 0.717) is 0 Å². The van der Waals surface area contributed by atoms with E-state index >= 15 is 0 Å². The average molecular weight is 882 g/mol. The summed E-state index contributed by atoms with van der Waals surface area (Å²) < 4.78 is 0. The van der Waals surface area contributed by atoms with Crippen molar-refractivity contribution in [3.63, 3.8) is 0 Å². The molecule has 328 valence electrons. The third kappa shape index (κ3) is 6.60. The Bertz CT molecular complexity index is 3830. The molecule has 0 unspecified atom stereocenters. The van der Waals surface area contributed by atoms with Gasteiger partial charge in [0, 0.05) is 22.7 Å². The van der Waals surface area contributed by atoms with Crippen LogP contribution in [0.25, 0.3) is 86.9 Å². The van der Waals surface area contributed by atoms with Crippen molar-refractivity contribution >= 4 is 81.7 Å². The van der Waals surface area contributed by atoms with Crippen molar-refractivity contribution in [2.45, 2.75) is 40.0 Å². The maximum atomic E-state index is 2.46. The first-order chi connectivity index (χ1) is 33.9. The fourth-order valence-corrected chi connectivity index (χ4v) is 11.7. The van der Waals surface area contributed by atoms with Crippen molar-refractivity contribution in [2.75, 3.05) is 4.90 Å². The molecule has 0 atom stereocenters. The Labute approximate surface area is 404 Å². The number of benzene rings is 11. The highest BCUT2D eigenvalue weighted by Crippen LogP contribution is 2.57. The zero-order valence-electron chi connectivity index (χ0n) is 39.5. The van der Waals surface area contributed by atoms with Gasteiger partial charge in [0.15, 0.2) is 0 Å². The van der Waals surface area contributed by atoms with Gasteiger partial charge in [0.2, 0.25) is 0 Å². The van der Waals surface area contributed by atoms with Crippen LogP contribution >= 0.6 is 0 Å². The van der Waals surface area contributed by atoms with Crippen molar-refractivity contribution in [1.82, 2.24) is 0 Å². The highest BCUT2D eigenvalue weighted by molar-refractivity contribution is 6.47. The molecule has 0 saturated heterocycles. The first kappa shape index (κ1) is 41.0. The maximum absolute atomic E-state index is 2.46. The number of fused-ring (bicyclic) bond motifs is 6. The summed E-state index contributed by atoms with van der Waals surface area (Å²) >= 11 is 0. The second-order valence-corrected chi connectivity index (χ2v) is 19.4. The van der Waals surface area contributed by atoms with Crippen LogP contribution in [0.3, 0.4) is 0 Å². The lowest BCUT2D eigenvalue weighted by Gasteiger charge is -2.27. The molecule has 0 aromatic heterocycles. The Morgan fingerprint density at radius 2 is 0.681 bits per heavy atom. The van der Waals surface area contributed by atoms with E-state index in [2.05, 4.69) is 251 Å². The van der Waals surface area contributed by atoms with Crippen molar-refractivity contribution in [2.24, 2.45) is 0 Å². The molecule has 0 N–H and O–H groups in total. The summed E-state index contributed by atoms with van der Waals surface area (Å²) in [5, 5.41) is 15.7. The van der Waals surface area contributed by atoms with Crippen LogP contribution in [0.5, 0.6) is 0 Å². The monoisotopic (exact) mass is 881 g/mol. The SMILES string of the molecule is Cc1ccc(C(Cc2ccc3c4c(-c5ccccc5)c5c6cccc7c(N(c8ccc(C)cc8)c8ccc(C)cc8)ccc(c5c(-c5ccccc5)c4c4cccc2c34)c76)c2ccc(C)cc2)cc1. The Balaban J connectivity index is 1.14. The highest BCUT2D eigenvalue weighted by Gasteiger charge is 2.29. The number of anilines is 3. The molecule has 0 amide bonds. The number of hydrogen-bond donors (Lipinski definition) is 0. The van der Waals surface area contributed by atoms with E-state index in [1.165, 1.54) is 132 Å². The standard InChI is InChI=1S/C68H51N/c1-42-21-29-46(30-22-42)59(47-31-23-43(2)24-32-47)41-50-33-38-57-63-53(50)17-11-19-55(63)65-61(48-13-7-5-8-14-48)68-58-39-40-60(69(51-34-25-44(3)26-35-51)52-36-27-45(4)28-37-52)54-18-12-20-56(64(54)58)66(68)62(67(57)65)49-15-9-6-10-16-49/h5-40,59H,41H2,1-4H3. The molecule has 13 aromatic rings. The maximum Gasteiger partial charge on any atom is 0.0540 e. The normalized spacial score (nSPS) is 12.0. The van der Waals surface area contributed by atoms with Gasteiger partial charge in [-0.2, -0.15) is 0 Å². The first-order valence-electron chi connectivity index (χ1n) is 24.4. The molecule has 0 heterocycles. The van der Waals surface area contributed by atoms with E-state index in [1.54, 1.807) is 0 Å². The second kappa shape index (κ2) is 16.2. The van der Waals surface area contributed by atoms with Crippen molar-refractivity contribution in [3.8, 4) is 22.3 Å². The summed E-state index contributed by atoms with van der Waals surface area (Å²) in [6, 6.07) is 82.5. The van der Waals surface area contributed by atoms with E-state index in [4.69, 9.17) is 0 Å². The lowest BCUT2D eigenvalue weighted by molar-refractivity contribution is 0.809. The molecular weight excluding hydrogens is 831 g/mol. The number of nitrogens with zero attached hydrogens (tertiary/aromatic N) is 1. The van der Waals surface area contributed by atoms with Gasteiger partial charge in [0.05, 0.1) is 5.69 Å². The highest BCUT2D eigenvalue weighted by atomic mass is 15.1. The Hall–Kier alpha value is -8.26. The van der Waals surface area contributed by atoms with Gasteiger partial charge in [-0.1, -0.05) is 210 Å². The fourth-order valence-electron chi connectivity index (χ4n) is 11.7. The van der Waals surface area contributed by atoms with Gasteiger partial charge in [-0.05, 0) is 163 Å². The molecule has 0 radical (unpaired) electrons. The minimum Gasteiger partial charge on any atom is -0.310 e. The third-order valence-electron chi connectivity index (χ3n) is 15.1. The fraction of sp³-hybridized carbons (Fsp3) is 0.0882. The topological polar surface area (TPSA) is 3.24 Å². The Kier molecular flexibility index (Phi) is 9.63. The molecule has 0 aliphatic rings. The molecule has 0 fully saturated rings. The zero-order chi connectivity index (χ0) is 46.3. The summed E-state index contributed by atoms with van der Waals surface area (Å²) in [6.07, 6.45) is 0.899. The molecule has 0 bridgehead atoms. The second-order valence-electron chi connectivity index (χ2n) is 19.4. The van der Waals surface area contributed by atoms with E-state index in [1.807, 2.05) is 0 Å². The molecule has 1 heteroatoms. The van der Waals surface area contributed by atoms with Crippen molar-refractivity contribution < 1.29 is 0 Å². The minimum atomic E-state index is 0.213. The molecule has 0 aliphatic heterocycles. The average Bonchev–Trinajstić information content (AvgIpc) is 3.90. The zero-order valence-corrected chi connectivity index (χ0v) is 39.5. The molecular formula is C68H51N. The summed E-state index contributed by atoms with van der Waals surface area (Å²) in [4.78, 5) is 2.44. The predicted molar refractivity (Wildman–Crippen MR) is 297 cm³/mol. The van der Waals surface area contributed by atoms with Crippen molar-refractivity contribution in [3.05, 3.63) is 257 Å².